The van der Waals surface area contributed by atoms with E-state index in [-0.39, 0.29) is 11.9 Å². The van der Waals surface area contributed by atoms with Gasteiger partial charge < -0.3 is 10.2 Å². The van der Waals surface area contributed by atoms with Crippen molar-refractivity contribution >= 4 is 28.4 Å². The van der Waals surface area contributed by atoms with Crippen LogP contribution in [0, 0.1) is 0 Å². The zero-order valence-electron chi connectivity index (χ0n) is 14.2. The van der Waals surface area contributed by atoms with Crippen molar-refractivity contribution < 1.29 is 4.79 Å². The average molecular weight is 354 g/mol. The van der Waals surface area contributed by atoms with E-state index < -0.39 is 0 Å². The van der Waals surface area contributed by atoms with Gasteiger partial charge in [-0.1, -0.05) is 54.1 Å². The third-order valence-electron chi connectivity index (χ3n) is 4.17. The number of hydrogen-bond acceptors (Lipinski definition) is 3. The van der Waals surface area contributed by atoms with E-state index in [1.807, 2.05) is 73.6 Å². The molecule has 0 saturated carbocycles. The highest BCUT2D eigenvalue weighted by Crippen LogP contribution is 2.25. The van der Waals surface area contributed by atoms with Crippen LogP contribution in [0.1, 0.15) is 22.1 Å². The molecule has 2 aromatic carbocycles. The Morgan fingerprint density at radius 2 is 1.80 bits per heavy atom. The number of likely N-dealkylation sites (N-methyl/N-ethyl adjacent to an activating group) is 1. The van der Waals surface area contributed by atoms with E-state index in [9.17, 15) is 4.79 Å². The van der Waals surface area contributed by atoms with E-state index in [1.165, 1.54) is 0 Å². The topological polar surface area (TPSA) is 45.2 Å². The lowest BCUT2D eigenvalue weighted by Crippen LogP contribution is -2.35. The molecule has 0 aliphatic carbocycles. The number of nitrogens with zero attached hydrogens (tertiary/aromatic N) is 2. The smallest absolute Gasteiger partial charge is 0.269 e. The molecule has 1 amide bonds. The number of carbonyl (C=O) groups excluding carboxylic acids is 1. The summed E-state index contributed by atoms with van der Waals surface area (Å²) in [6.07, 6.45) is 0. The number of amides is 1. The zero-order chi connectivity index (χ0) is 17.8. The predicted molar refractivity (Wildman–Crippen MR) is 102 cm³/mol. The van der Waals surface area contributed by atoms with Crippen LogP contribution in [0.4, 0.5) is 0 Å². The van der Waals surface area contributed by atoms with E-state index in [0.29, 0.717) is 17.3 Å². The highest BCUT2D eigenvalue weighted by Gasteiger charge is 2.18. The third-order valence-corrected chi connectivity index (χ3v) is 4.52. The van der Waals surface area contributed by atoms with Crippen LogP contribution in [0.2, 0.25) is 5.02 Å². The first kappa shape index (κ1) is 17.4. The van der Waals surface area contributed by atoms with Gasteiger partial charge in [0.1, 0.15) is 5.69 Å². The number of aromatic nitrogens is 1. The number of hydrogen-bond donors (Lipinski definition) is 1. The Kier molecular flexibility index (Phi) is 5.31. The van der Waals surface area contributed by atoms with E-state index in [4.69, 9.17) is 11.6 Å². The number of rotatable bonds is 5. The van der Waals surface area contributed by atoms with Gasteiger partial charge in [-0.15, -0.1) is 0 Å². The quantitative estimate of drug-likeness (QED) is 0.756. The van der Waals surface area contributed by atoms with Crippen molar-refractivity contribution in [2.75, 3.05) is 20.6 Å². The number of halogens is 1. The van der Waals surface area contributed by atoms with E-state index in [1.54, 1.807) is 6.07 Å². The van der Waals surface area contributed by atoms with Crippen molar-refractivity contribution in [3.63, 3.8) is 0 Å². The van der Waals surface area contributed by atoms with Crippen molar-refractivity contribution in [1.82, 2.24) is 15.2 Å². The fourth-order valence-electron chi connectivity index (χ4n) is 2.79. The van der Waals surface area contributed by atoms with Crippen LogP contribution >= 0.6 is 11.6 Å². The summed E-state index contributed by atoms with van der Waals surface area (Å²) in [5.41, 5.74) is 2.21. The van der Waals surface area contributed by atoms with Gasteiger partial charge in [0, 0.05) is 17.0 Å². The summed E-state index contributed by atoms with van der Waals surface area (Å²) in [5.74, 6) is -0.190. The molecule has 1 heterocycles. The molecule has 1 unspecified atom stereocenters. The lowest BCUT2D eigenvalue weighted by Gasteiger charge is -2.25. The first-order valence-electron chi connectivity index (χ1n) is 8.11. The molecular formula is C20H20ClN3O. The van der Waals surface area contributed by atoms with Crippen molar-refractivity contribution in [3.8, 4) is 0 Å². The predicted octanol–water partition coefficient (Wildman–Crippen LogP) is 3.92. The lowest BCUT2D eigenvalue weighted by molar-refractivity contribution is 0.0937. The maximum Gasteiger partial charge on any atom is 0.269 e. The van der Waals surface area contributed by atoms with Gasteiger partial charge >= 0.3 is 0 Å². The van der Waals surface area contributed by atoms with Gasteiger partial charge in [-0.3, -0.25) is 4.79 Å². The second-order valence-electron chi connectivity index (χ2n) is 6.10. The molecule has 0 bridgehead atoms. The molecule has 5 heteroatoms. The van der Waals surface area contributed by atoms with E-state index in [2.05, 4.69) is 10.3 Å². The summed E-state index contributed by atoms with van der Waals surface area (Å²) >= 11 is 6.31. The minimum Gasteiger partial charge on any atom is -0.349 e. The minimum atomic E-state index is -0.190. The molecule has 128 valence electrons. The Morgan fingerprint density at radius 3 is 2.56 bits per heavy atom. The zero-order valence-corrected chi connectivity index (χ0v) is 15.0. The van der Waals surface area contributed by atoms with Gasteiger partial charge in [-0.25, -0.2) is 4.98 Å². The number of carbonyl (C=O) groups is 1. The average Bonchev–Trinajstić information content (AvgIpc) is 2.62. The summed E-state index contributed by atoms with van der Waals surface area (Å²) in [7, 11) is 3.93. The number of para-hydroxylation sites is 1. The Morgan fingerprint density at radius 1 is 1.08 bits per heavy atom. The van der Waals surface area contributed by atoms with E-state index in [0.717, 1.165) is 16.5 Å². The van der Waals surface area contributed by atoms with Crippen LogP contribution < -0.4 is 5.32 Å². The molecule has 0 aliphatic heterocycles. The lowest BCUT2D eigenvalue weighted by atomic mass is 10.1. The molecule has 0 fully saturated rings. The van der Waals surface area contributed by atoms with Crippen LogP contribution in [0.3, 0.4) is 0 Å². The van der Waals surface area contributed by atoms with Crippen LogP contribution in [0.25, 0.3) is 10.9 Å². The molecule has 0 spiro atoms. The summed E-state index contributed by atoms with van der Waals surface area (Å²) in [6.45, 7) is 0.448. The van der Waals surface area contributed by atoms with Gasteiger partial charge in [0.2, 0.25) is 0 Å². The van der Waals surface area contributed by atoms with Crippen molar-refractivity contribution in [2.24, 2.45) is 0 Å². The minimum absolute atomic E-state index is 0.0156. The standard InChI is InChI=1S/C20H20ClN3O/c1-24(2)19(15-8-4-5-9-16(15)21)13-22-20(25)18-12-11-14-7-3-6-10-17(14)23-18/h3-12,19H,13H2,1-2H3,(H,22,25). The summed E-state index contributed by atoms with van der Waals surface area (Å²) in [5, 5.41) is 4.68. The molecule has 3 aromatic rings. The first-order valence-corrected chi connectivity index (χ1v) is 8.49. The van der Waals surface area contributed by atoms with E-state index >= 15 is 0 Å². The number of nitrogens with one attached hydrogen (secondary N) is 1. The molecular weight excluding hydrogens is 334 g/mol. The third kappa shape index (κ3) is 3.98. The number of pyridine rings is 1. The van der Waals surface area contributed by atoms with Gasteiger partial charge in [-0.05, 0) is 37.9 Å². The van der Waals surface area contributed by atoms with Gasteiger partial charge in [-0.2, -0.15) is 0 Å². The van der Waals surface area contributed by atoms with Crippen molar-refractivity contribution in [1.29, 1.82) is 0 Å². The Hall–Kier alpha value is -2.43. The molecule has 1 N–H and O–H groups in total. The molecule has 25 heavy (non-hydrogen) atoms. The highest BCUT2D eigenvalue weighted by atomic mass is 35.5. The highest BCUT2D eigenvalue weighted by molar-refractivity contribution is 6.31. The Bertz CT molecular complexity index is 895. The molecule has 4 nitrogen and oxygen atoms in total. The largest absolute Gasteiger partial charge is 0.349 e. The van der Waals surface area contributed by atoms with Gasteiger partial charge in [0.15, 0.2) is 0 Å². The van der Waals surface area contributed by atoms with Crippen LogP contribution in [-0.2, 0) is 0 Å². The molecule has 1 atom stereocenters. The number of benzene rings is 2. The Labute approximate surface area is 152 Å². The molecule has 0 aliphatic rings. The SMILES string of the molecule is CN(C)C(CNC(=O)c1ccc2ccccc2n1)c1ccccc1Cl. The fraction of sp³-hybridized carbons (Fsp3) is 0.200. The normalized spacial score (nSPS) is 12.3. The molecule has 0 radical (unpaired) electrons. The summed E-state index contributed by atoms with van der Waals surface area (Å²) < 4.78 is 0. The number of fused-ring (bicyclic) bond motifs is 1. The monoisotopic (exact) mass is 353 g/mol. The maximum atomic E-state index is 12.5. The fourth-order valence-corrected chi connectivity index (χ4v) is 3.05. The van der Waals surface area contributed by atoms with Crippen molar-refractivity contribution in [3.05, 3.63) is 76.9 Å². The van der Waals surface area contributed by atoms with Crippen LogP contribution in [0.5, 0.6) is 0 Å². The van der Waals surface area contributed by atoms with Crippen molar-refractivity contribution in [2.45, 2.75) is 6.04 Å². The molecule has 3 rings (SSSR count). The summed E-state index contributed by atoms with van der Waals surface area (Å²) in [4.78, 5) is 19.0. The summed E-state index contributed by atoms with van der Waals surface area (Å²) in [6, 6.07) is 19.1. The molecule has 0 saturated heterocycles. The van der Waals surface area contributed by atoms with Crippen LogP contribution in [-0.4, -0.2) is 36.4 Å². The second-order valence-corrected chi connectivity index (χ2v) is 6.51. The van der Waals surface area contributed by atoms with Gasteiger partial charge in [0.25, 0.3) is 5.91 Å². The first-order chi connectivity index (χ1) is 12.1. The second kappa shape index (κ2) is 7.64. The Balaban J connectivity index is 1.76. The molecule has 1 aromatic heterocycles. The maximum absolute atomic E-state index is 12.5. The van der Waals surface area contributed by atoms with Gasteiger partial charge in [0.05, 0.1) is 11.6 Å². The van der Waals surface area contributed by atoms with Crippen LogP contribution in [0.15, 0.2) is 60.7 Å².